The van der Waals surface area contributed by atoms with Crippen LogP contribution < -0.4 is 0 Å². The quantitative estimate of drug-likeness (QED) is 0.912. The third-order valence-electron chi connectivity index (χ3n) is 4.71. The molecule has 0 unspecified atom stereocenters. The summed E-state index contributed by atoms with van der Waals surface area (Å²) in [7, 11) is 0. The van der Waals surface area contributed by atoms with Crippen LogP contribution in [0.2, 0.25) is 0 Å². The maximum atomic E-state index is 13.0. The smallest absolute Gasteiger partial charge is 0.257 e. The largest absolute Gasteiger partial charge is 0.337 e. The minimum Gasteiger partial charge on any atom is -0.337 e. The highest BCUT2D eigenvalue weighted by Gasteiger charge is 2.34. The second-order valence-corrected chi connectivity index (χ2v) is 7.99. The fraction of sp³-hybridized carbons (Fsp3) is 0.765. The Morgan fingerprint density at radius 2 is 2.00 bits per heavy atom. The lowest BCUT2D eigenvalue weighted by Crippen LogP contribution is -2.37. The Morgan fingerprint density at radius 3 is 2.64 bits per heavy atom. The van der Waals surface area contributed by atoms with E-state index < -0.39 is 0 Å². The van der Waals surface area contributed by atoms with Gasteiger partial charge in [-0.3, -0.25) is 14.8 Å². The van der Waals surface area contributed by atoms with Crippen molar-refractivity contribution in [2.75, 3.05) is 26.2 Å². The number of hydrogen-bond acceptors (Lipinski definition) is 3. The van der Waals surface area contributed by atoms with E-state index in [9.17, 15) is 4.79 Å². The van der Waals surface area contributed by atoms with E-state index in [0.29, 0.717) is 5.92 Å². The van der Waals surface area contributed by atoms with Gasteiger partial charge in [-0.25, -0.2) is 0 Å². The number of hydrogen-bond donors (Lipinski definition) is 1. The van der Waals surface area contributed by atoms with Crippen LogP contribution in [0.4, 0.5) is 0 Å². The van der Waals surface area contributed by atoms with E-state index in [2.05, 4.69) is 42.8 Å². The van der Waals surface area contributed by atoms with E-state index in [1.54, 1.807) is 6.20 Å². The van der Waals surface area contributed by atoms with Gasteiger partial charge in [0.05, 0.1) is 17.5 Å². The SMILES string of the molecule is C[C@@H]1CN(C(=O)c2cn[nH]c2C(C)(C)C)CCN(C2CC2)C1. The Kier molecular flexibility index (Phi) is 4.02. The van der Waals surface area contributed by atoms with Crippen molar-refractivity contribution < 1.29 is 4.79 Å². The molecule has 1 saturated carbocycles. The number of nitrogens with zero attached hydrogens (tertiary/aromatic N) is 3. The molecule has 5 heteroatoms. The number of carbonyl (C=O) groups excluding carboxylic acids is 1. The summed E-state index contributed by atoms with van der Waals surface area (Å²) in [6, 6.07) is 0.775. The van der Waals surface area contributed by atoms with E-state index >= 15 is 0 Å². The maximum Gasteiger partial charge on any atom is 0.257 e. The molecule has 5 nitrogen and oxygen atoms in total. The van der Waals surface area contributed by atoms with Crippen LogP contribution in [-0.2, 0) is 5.41 Å². The molecule has 1 atom stereocenters. The lowest BCUT2D eigenvalue weighted by molar-refractivity contribution is 0.0746. The Balaban J connectivity index is 1.76. The van der Waals surface area contributed by atoms with Crippen LogP contribution in [0.3, 0.4) is 0 Å². The number of aromatic nitrogens is 2. The van der Waals surface area contributed by atoms with E-state index in [-0.39, 0.29) is 11.3 Å². The zero-order chi connectivity index (χ0) is 15.9. The fourth-order valence-corrected chi connectivity index (χ4v) is 3.41. The molecule has 3 rings (SSSR count). The molecule has 0 bridgehead atoms. The predicted molar refractivity (Wildman–Crippen MR) is 87.0 cm³/mol. The van der Waals surface area contributed by atoms with Crippen LogP contribution in [0.25, 0.3) is 0 Å². The summed E-state index contributed by atoms with van der Waals surface area (Å²) in [6.07, 6.45) is 4.35. The van der Waals surface area contributed by atoms with Gasteiger partial charge in [-0.1, -0.05) is 27.7 Å². The highest BCUT2D eigenvalue weighted by Crippen LogP contribution is 2.29. The molecule has 1 N–H and O–H groups in total. The van der Waals surface area contributed by atoms with Gasteiger partial charge in [0.15, 0.2) is 0 Å². The molecule has 0 aromatic carbocycles. The van der Waals surface area contributed by atoms with Crippen LogP contribution in [0, 0.1) is 5.92 Å². The highest BCUT2D eigenvalue weighted by molar-refractivity contribution is 5.95. The maximum absolute atomic E-state index is 13.0. The van der Waals surface area contributed by atoms with Crippen molar-refractivity contribution in [3.63, 3.8) is 0 Å². The van der Waals surface area contributed by atoms with E-state index in [4.69, 9.17) is 0 Å². The van der Waals surface area contributed by atoms with Crippen molar-refractivity contribution in [2.24, 2.45) is 5.92 Å². The van der Waals surface area contributed by atoms with Crippen LogP contribution in [-0.4, -0.2) is 58.1 Å². The molecule has 0 radical (unpaired) electrons. The molecular formula is C17H28N4O. The van der Waals surface area contributed by atoms with Crippen molar-refractivity contribution in [3.8, 4) is 0 Å². The second kappa shape index (κ2) is 5.69. The van der Waals surface area contributed by atoms with Gasteiger partial charge in [0.2, 0.25) is 0 Å². The number of amides is 1. The Bertz CT molecular complexity index is 541. The minimum absolute atomic E-state index is 0.0982. The van der Waals surface area contributed by atoms with Crippen molar-refractivity contribution in [2.45, 2.75) is 52.0 Å². The molecule has 0 spiro atoms. The molecule has 1 aliphatic carbocycles. The summed E-state index contributed by atoms with van der Waals surface area (Å²) >= 11 is 0. The first-order valence-corrected chi connectivity index (χ1v) is 8.43. The van der Waals surface area contributed by atoms with Gasteiger partial charge < -0.3 is 4.90 Å². The monoisotopic (exact) mass is 304 g/mol. The van der Waals surface area contributed by atoms with E-state index in [1.165, 1.54) is 12.8 Å². The average Bonchev–Trinajstić information content (AvgIpc) is 3.18. The first-order chi connectivity index (χ1) is 10.4. The number of rotatable bonds is 2. The van der Waals surface area contributed by atoms with Crippen LogP contribution >= 0.6 is 0 Å². The van der Waals surface area contributed by atoms with Gasteiger partial charge in [-0.2, -0.15) is 5.10 Å². The molecule has 1 aromatic heterocycles. The van der Waals surface area contributed by atoms with Crippen molar-refractivity contribution in [1.82, 2.24) is 20.0 Å². The average molecular weight is 304 g/mol. The first-order valence-electron chi connectivity index (χ1n) is 8.43. The second-order valence-electron chi connectivity index (χ2n) is 7.99. The molecule has 2 aliphatic rings. The number of carbonyl (C=O) groups is 1. The van der Waals surface area contributed by atoms with Gasteiger partial charge in [0, 0.05) is 37.6 Å². The van der Waals surface area contributed by atoms with Crippen molar-refractivity contribution in [1.29, 1.82) is 0 Å². The molecule has 1 aromatic rings. The minimum atomic E-state index is -0.0982. The fourth-order valence-electron chi connectivity index (χ4n) is 3.41. The molecule has 2 fully saturated rings. The Hall–Kier alpha value is -1.36. The highest BCUT2D eigenvalue weighted by atomic mass is 16.2. The topological polar surface area (TPSA) is 52.2 Å². The summed E-state index contributed by atoms with van der Waals surface area (Å²) in [5.74, 6) is 0.653. The molecular weight excluding hydrogens is 276 g/mol. The number of H-pyrrole nitrogens is 1. The summed E-state index contributed by atoms with van der Waals surface area (Å²) in [5.41, 5.74) is 1.58. The third kappa shape index (κ3) is 3.19. The van der Waals surface area contributed by atoms with Crippen LogP contribution in [0.1, 0.15) is 56.6 Å². The summed E-state index contributed by atoms with van der Waals surface area (Å²) in [5, 5.41) is 7.14. The van der Waals surface area contributed by atoms with E-state index in [1.807, 2.05) is 4.90 Å². The van der Waals surface area contributed by atoms with Gasteiger partial charge in [-0.15, -0.1) is 0 Å². The number of aromatic amines is 1. The van der Waals surface area contributed by atoms with Crippen molar-refractivity contribution >= 4 is 5.91 Å². The summed E-state index contributed by atoms with van der Waals surface area (Å²) < 4.78 is 0. The molecule has 1 saturated heterocycles. The number of nitrogens with one attached hydrogen (secondary N) is 1. The van der Waals surface area contributed by atoms with Crippen LogP contribution in [0.5, 0.6) is 0 Å². The summed E-state index contributed by atoms with van der Waals surface area (Å²) in [4.78, 5) is 17.6. The van der Waals surface area contributed by atoms with Gasteiger partial charge in [-0.05, 0) is 18.8 Å². The standard InChI is InChI=1S/C17H28N4O/c1-12-10-20(13-5-6-13)7-8-21(11-12)16(22)14-9-18-19-15(14)17(2,3)4/h9,12-13H,5-8,10-11H2,1-4H3,(H,18,19)/t12-/m0/s1. The first kappa shape index (κ1) is 15.5. The third-order valence-corrected chi connectivity index (χ3v) is 4.71. The predicted octanol–water partition coefficient (Wildman–Crippen LogP) is 2.26. The van der Waals surface area contributed by atoms with Gasteiger partial charge in [0.1, 0.15) is 0 Å². The molecule has 1 aliphatic heterocycles. The van der Waals surface area contributed by atoms with Gasteiger partial charge >= 0.3 is 0 Å². The Morgan fingerprint density at radius 1 is 1.27 bits per heavy atom. The summed E-state index contributed by atoms with van der Waals surface area (Å²) in [6.45, 7) is 12.4. The molecule has 1 amide bonds. The normalized spacial score (nSPS) is 24.4. The van der Waals surface area contributed by atoms with Gasteiger partial charge in [0.25, 0.3) is 5.91 Å². The molecule has 2 heterocycles. The zero-order valence-corrected chi connectivity index (χ0v) is 14.2. The molecule has 22 heavy (non-hydrogen) atoms. The molecule has 122 valence electrons. The zero-order valence-electron chi connectivity index (χ0n) is 14.2. The lowest BCUT2D eigenvalue weighted by atomic mass is 9.89. The lowest BCUT2D eigenvalue weighted by Gasteiger charge is -2.24. The van der Waals surface area contributed by atoms with E-state index in [0.717, 1.165) is 43.5 Å². The Labute approximate surface area is 133 Å². The van der Waals surface area contributed by atoms with Crippen molar-refractivity contribution in [3.05, 3.63) is 17.5 Å². The van der Waals surface area contributed by atoms with Crippen LogP contribution in [0.15, 0.2) is 6.20 Å².